The molecule has 6 aromatic rings. The molecule has 358 valence electrons. The number of carbonyl (C=O) groups excluding carboxylic acids is 2. The maximum Gasteiger partial charge on any atom is 0.243 e. The van der Waals surface area contributed by atoms with Crippen molar-refractivity contribution in [2.45, 2.75) is 62.1 Å². The molecule has 1 aliphatic carbocycles. The lowest BCUT2D eigenvalue weighted by molar-refractivity contribution is -0.129. The van der Waals surface area contributed by atoms with E-state index in [1.165, 1.54) is 45.9 Å². The standard InChI is InChI=1S/C49H48F3N9O8/c1-6-40(62)58-28-10-11-67-22-33(28)57-39-14-26-18-53-31(12-25(26)19-55-39)45-47(51)37(66-5)17-38(48(45)52)69-42-15-29(59-41(63)7-2)34(23-68-42)61-49-56-20-27-13-30(54-21-32(27)60-49)44-43(24-8-9-24)35(64-3)16-36(65-4)46(44)50/h6-7,12-14,16-21,24,28-29,33-34,42H,1-2,8-11,15,22-23H2,3-5H3,(H,55,57)(H,58,62)(H,59,63)(H,56,60,61)/t28-,29-,33+,34+,42?/m0/s1. The van der Waals surface area contributed by atoms with Crippen LogP contribution in [0.1, 0.15) is 37.2 Å². The van der Waals surface area contributed by atoms with E-state index in [0.717, 1.165) is 30.5 Å². The lowest BCUT2D eigenvalue weighted by atomic mass is 9.97. The molecule has 0 spiro atoms. The van der Waals surface area contributed by atoms with Gasteiger partial charge in [-0.1, -0.05) is 13.2 Å². The van der Waals surface area contributed by atoms with Crippen molar-refractivity contribution >= 4 is 45.3 Å². The molecular formula is C49H48F3N9O8. The Balaban J connectivity index is 0.922. The predicted octanol–water partition coefficient (Wildman–Crippen LogP) is 6.77. The summed E-state index contributed by atoms with van der Waals surface area (Å²) in [5.74, 6) is -2.74. The summed E-state index contributed by atoms with van der Waals surface area (Å²) in [6, 6.07) is 5.75. The van der Waals surface area contributed by atoms with Crippen LogP contribution in [0.4, 0.5) is 24.9 Å². The molecule has 3 fully saturated rings. The molecule has 4 aromatic heterocycles. The minimum atomic E-state index is -1.13. The second-order valence-corrected chi connectivity index (χ2v) is 16.7. The third-order valence-corrected chi connectivity index (χ3v) is 12.3. The number of benzene rings is 2. The highest BCUT2D eigenvalue weighted by molar-refractivity contribution is 5.89. The third kappa shape index (κ3) is 9.75. The number of halogens is 3. The molecule has 2 saturated heterocycles. The van der Waals surface area contributed by atoms with Gasteiger partial charge in [-0.05, 0) is 55.5 Å². The average molecular weight is 948 g/mol. The van der Waals surface area contributed by atoms with Gasteiger partial charge in [0.2, 0.25) is 24.1 Å². The van der Waals surface area contributed by atoms with Crippen molar-refractivity contribution in [3.05, 3.63) is 103 Å². The molecule has 2 aromatic carbocycles. The number of hydrogen-bond donors (Lipinski definition) is 4. The Bertz CT molecular complexity index is 2980. The van der Waals surface area contributed by atoms with E-state index in [2.05, 4.69) is 59.3 Å². The van der Waals surface area contributed by atoms with Gasteiger partial charge in [-0.25, -0.2) is 28.1 Å². The van der Waals surface area contributed by atoms with Crippen molar-refractivity contribution in [1.29, 1.82) is 0 Å². The number of hydrogen-bond acceptors (Lipinski definition) is 15. The largest absolute Gasteiger partial charge is 0.496 e. The summed E-state index contributed by atoms with van der Waals surface area (Å²) in [5.41, 5.74) is 1.30. The average Bonchev–Trinajstić information content (AvgIpc) is 4.21. The Morgan fingerprint density at radius 1 is 0.667 bits per heavy atom. The molecule has 0 bridgehead atoms. The van der Waals surface area contributed by atoms with Gasteiger partial charge in [-0.3, -0.25) is 19.6 Å². The molecule has 20 heteroatoms. The van der Waals surface area contributed by atoms with Crippen LogP contribution in [0.15, 0.2) is 80.4 Å². The van der Waals surface area contributed by atoms with Gasteiger partial charge in [0.25, 0.3) is 0 Å². The molecule has 2 amide bonds. The summed E-state index contributed by atoms with van der Waals surface area (Å²) in [5, 5.41) is 14.0. The summed E-state index contributed by atoms with van der Waals surface area (Å²) in [6.45, 7) is 7.84. The van der Waals surface area contributed by atoms with E-state index in [1.54, 1.807) is 30.6 Å². The van der Waals surface area contributed by atoms with Crippen LogP contribution >= 0.6 is 0 Å². The Morgan fingerprint density at radius 3 is 2.00 bits per heavy atom. The summed E-state index contributed by atoms with van der Waals surface area (Å²) in [6.07, 6.45) is 9.67. The number of nitrogens with one attached hydrogen (secondary N) is 4. The van der Waals surface area contributed by atoms with Crippen molar-refractivity contribution in [3.8, 4) is 45.5 Å². The molecule has 6 heterocycles. The van der Waals surface area contributed by atoms with Crippen molar-refractivity contribution in [3.63, 3.8) is 0 Å². The number of nitrogens with zero attached hydrogens (tertiary/aromatic N) is 5. The van der Waals surface area contributed by atoms with Crippen molar-refractivity contribution < 1.29 is 51.2 Å². The van der Waals surface area contributed by atoms with Gasteiger partial charge in [-0.2, -0.15) is 0 Å². The highest BCUT2D eigenvalue weighted by Gasteiger charge is 2.37. The molecule has 0 radical (unpaired) electrons. The molecular weight excluding hydrogens is 900 g/mol. The number of anilines is 2. The van der Waals surface area contributed by atoms with Gasteiger partial charge in [0.05, 0.1) is 87.4 Å². The molecule has 17 nitrogen and oxygen atoms in total. The van der Waals surface area contributed by atoms with Crippen molar-refractivity contribution in [1.82, 2.24) is 35.6 Å². The number of aromatic nitrogens is 5. The normalized spacial score (nSPS) is 20.1. The summed E-state index contributed by atoms with van der Waals surface area (Å²) >= 11 is 0. The Labute approximate surface area is 393 Å². The number of carbonyl (C=O) groups is 2. The van der Waals surface area contributed by atoms with Gasteiger partial charge in [0.15, 0.2) is 34.7 Å². The Kier molecular flexibility index (Phi) is 13.4. The van der Waals surface area contributed by atoms with E-state index in [0.29, 0.717) is 64.1 Å². The molecule has 4 N–H and O–H groups in total. The van der Waals surface area contributed by atoms with Crippen LogP contribution in [0.2, 0.25) is 0 Å². The number of ether oxygens (including phenoxy) is 6. The summed E-state index contributed by atoms with van der Waals surface area (Å²) in [4.78, 5) is 47.4. The van der Waals surface area contributed by atoms with Gasteiger partial charge < -0.3 is 49.7 Å². The van der Waals surface area contributed by atoms with Crippen LogP contribution < -0.4 is 40.2 Å². The first-order chi connectivity index (χ1) is 33.5. The first-order valence-electron chi connectivity index (χ1n) is 22.1. The Morgan fingerprint density at radius 2 is 1.28 bits per heavy atom. The van der Waals surface area contributed by atoms with Crippen LogP contribution in [0.5, 0.6) is 23.0 Å². The minimum Gasteiger partial charge on any atom is -0.496 e. The van der Waals surface area contributed by atoms with Gasteiger partial charge in [-0.15, -0.1) is 0 Å². The molecule has 1 unspecified atom stereocenters. The topological polar surface area (TPSA) is 202 Å². The van der Waals surface area contributed by atoms with E-state index in [4.69, 9.17) is 28.4 Å². The van der Waals surface area contributed by atoms with Crippen LogP contribution in [-0.2, 0) is 19.1 Å². The maximum atomic E-state index is 16.6. The number of rotatable bonds is 16. The number of pyridine rings is 3. The highest BCUT2D eigenvalue weighted by Crippen LogP contribution is 2.51. The minimum absolute atomic E-state index is 0.00623. The van der Waals surface area contributed by atoms with Crippen molar-refractivity contribution in [2.24, 2.45) is 0 Å². The van der Waals surface area contributed by atoms with E-state index in [1.807, 2.05) is 0 Å². The van der Waals surface area contributed by atoms with Crippen LogP contribution in [-0.4, -0.2) is 108 Å². The smallest absolute Gasteiger partial charge is 0.243 e. The lowest BCUT2D eigenvalue weighted by Crippen LogP contribution is -2.55. The van der Waals surface area contributed by atoms with Gasteiger partial charge in [0, 0.05) is 71.0 Å². The van der Waals surface area contributed by atoms with Gasteiger partial charge >= 0.3 is 0 Å². The monoisotopic (exact) mass is 947 g/mol. The molecule has 2 aliphatic heterocycles. The molecule has 5 atom stereocenters. The molecule has 69 heavy (non-hydrogen) atoms. The van der Waals surface area contributed by atoms with Crippen LogP contribution in [0.3, 0.4) is 0 Å². The molecule has 1 saturated carbocycles. The van der Waals surface area contributed by atoms with E-state index >= 15 is 13.2 Å². The second kappa shape index (κ2) is 19.9. The van der Waals surface area contributed by atoms with Crippen LogP contribution in [0, 0.1) is 17.5 Å². The highest BCUT2D eigenvalue weighted by atomic mass is 19.1. The SMILES string of the molecule is C=CC(=O)N[C@H]1CCOC[C@H]1Nc1cc2cnc(-c3c(F)c(OC)cc(OC4C[C@H](NC(=O)C=C)[C@H](Nc5ncc6cc(-c7c(F)c(OC)cc(OC)c7C7CC7)ncc6n5)CO4)c3F)cc2cn1. The maximum absolute atomic E-state index is 16.6. The third-order valence-electron chi connectivity index (χ3n) is 12.3. The lowest BCUT2D eigenvalue weighted by Gasteiger charge is -2.36. The van der Waals surface area contributed by atoms with E-state index in [9.17, 15) is 9.59 Å². The number of methoxy groups -OCH3 is 3. The fraction of sp³-hybridized carbons (Fsp3) is 0.327. The zero-order chi connectivity index (χ0) is 48.3. The Hall–Kier alpha value is -7.58. The predicted molar refractivity (Wildman–Crippen MR) is 249 cm³/mol. The number of amides is 2. The first kappa shape index (κ1) is 46.5. The first-order valence-corrected chi connectivity index (χ1v) is 22.1. The van der Waals surface area contributed by atoms with E-state index < -0.39 is 47.3 Å². The fourth-order valence-corrected chi connectivity index (χ4v) is 8.60. The molecule has 9 rings (SSSR count). The zero-order valence-corrected chi connectivity index (χ0v) is 37.8. The van der Waals surface area contributed by atoms with Crippen LogP contribution in [0.25, 0.3) is 44.2 Å². The van der Waals surface area contributed by atoms with Crippen molar-refractivity contribution in [2.75, 3.05) is 51.8 Å². The fourth-order valence-electron chi connectivity index (χ4n) is 8.60. The summed E-state index contributed by atoms with van der Waals surface area (Å²) in [7, 11) is 4.17. The molecule has 3 aliphatic rings. The zero-order valence-electron chi connectivity index (χ0n) is 37.8. The van der Waals surface area contributed by atoms with E-state index in [-0.39, 0.29) is 65.8 Å². The quantitative estimate of drug-likeness (QED) is 0.0740. The second-order valence-electron chi connectivity index (χ2n) is 16.7. The van der Waals surface area contributed by atoms with Gasteiger partial charge in [0.1, 0.15) is 11.6 Å². The summed E-state index contributed by atoms with van der Waals surface area (Å²) < 4.78 is 82.4. The number of fused-ring (bicyclic) bond motifs is 2.